The molecule has 0 aliphatic heterocycles. The molecule has 4 N–H and O–H groups in total. The van der Waals surface area contributed by atoms with Gasteiger partial charge in [0.25, 0.3) is 0 Å². The van der Waals surface area contributed by atoms with Crippen LogP contribution in [0.4, 0.5) is 13.2 Å². The van der Waals surface area contributed by atoms with Crippen LogP contribution in [0.15, 0.2) is 60.5 Å². The van der Waals surface area contributed by atoms with E-state index in [-0.39, 0.29) is 18.1 Å². The van der Waals surface area contributed by atoms with Gasteiger partial charge in [0.15, 0.2) is 0 Å². The molecule has 0 amide bonds. The zero-order valence-corrected chi connectivity index (χ0v) is 16.9. The fourth-order valence-corrected chi connectivity index (χ4v) is 3.22. The highest BCUT2D eigenvalue weighted by Gasteiger charge is 2.34. The number of halogens is 4. The van der Waals surface area contributed by atoms with Crippen molar-refractivity contribution in [3.63, 3.8) is 0 Å². The lowest BCUT2D eigenvalue weighted by molar-refractivity contribution is -0.274. The van der Waals surface area contributed by atoms with Gasteiger partial charge in [0.1, 0.15) is 18.1 Å². The lowest BCUT2D eigenvalue weighted by Gasteiger charge is -2.34. The maximum atomic E-state index is 12.4. The Morgan fingerprint density at radius 2 is 2.00 bits per heavy atom. The van der Waals surface area contributed by atoms with Gasteiger partial charge in [-0.05, 0) is 54.8 Å². The van der Waals surface area contributed by atoms with Gasteiger partial charge in [0.2, 0.25) is 0 Å². The Morgan fingerprint density at radius 3 is 2.63 bits per heavy atom. The van der Waals surface area contributed by atoms with Crippen LogP contribution in [0.3, 0.4) is 0 Å². The van der Waals surface area contributed by atoms with Gasteiger partial charge in [0, 0.05) is 17.3 Å². The van der Waals surface area contributed by atoms with Crippen molar-refractivity contribution in [2.75, 3.05) is 0 Å². The standard InChI is InChI=1S/C21H21ClF3N3O2/c1-13-2-4-15(28-11-13)12-29-17-6-7-19(26)20(27,10-17)9-14-3-5-16(8-18(14)22)30-21(23,24)25/h2-8,10-11,19H,9,12,26-27H2,1H3. The summed E-state index contributed by atoms with van der Waals surface area (Å²) < 4.78 is 46.8. The van der Waals surface area contributed by atoms with E-state index < -0.39 is 23.7 Å². The molecule has 160 valence electrons. The van der Waals surface area contributed by atoms with E-state index in [1.54, 1.807) is 24.4 Å². The van der Waals surface area contributed by atoms with E-state index in [2.05, 4.69) is 9.72 Å². The monoisotopic (exact) mass is 439 g/mol. The molecule has 3 rings (SSSR count). The maximum absolute atomic E-state index is 12.4. The van der Waals surface area contributed by atoms with Crippen LogP contribution in [0.2, 0.25) is 5.02 Å². The van der Waals surface area contributed by atoms with Crippen LogP contribution in [0.5, 0.6) is 5.75 Å². The average Bonchev–Trinajstić information content (AvgIpc) is 2.65. The fraction of sp³-hybridized carbons (Fsp3) is 0.286. The third-order valence-corrected chi connectivity index (χ3v) is 4.97. The van der Waals surface area contributed by atoms with Gasteiger partial charge in [-0.1, -0.05) is 29.8 Å². The van der Waals surface area contributed by atoms with Crippen LogP contribution in [0.25, 0.3) is 0 Å². The molecule has 1 aromatic heterocycles. The van der Waals surface area contributed by atoms with Crippen molar-refractivity contribution >= 4 is 11.6 Å². The molecule has 2 atom stereocenters. The van der Waals surface area contributed by atoms with Crippen molar-refractivity contribution in [2.45, 2.75) is 37.9 Å². The van der Waals surface area contributed by atoms with E-state index in [9.17, 15) is 13.2 Å². The highest BCUT2D eigenvalue weighted by Crippen LogP contribution is 2.31. The minimum Gasteiger partial charge on any atom is -0.488 e. The Labute approximate surface area is 177 Å². The largest absolute Gasteiger partial charge is 0.573 e. The molecule has 1 aliphatic carbocycles. The van der Waals surface area contributed by atoms with Gasteiger partial charge in [-0.2, -0.15) is 0 Å². The quantitative estimate of drug-likeness (QED) is 0.705. The first kappa shape index (κ1) is 22.1. The number of rotatable bonds is 6. The normalized spacial score (nSPS) is 21.3. The molecule has 0 saturated carbocycles. The summed E-state index contributed by atoms with van der Waals surface area (Å²) in [7, 11) is 0. The number of benzene rings is 1. The molecule has 9 heteroatoms. The van der Waals surface area contributed by atoms with E-state index in [1.165, 1.54) is 12.1 Å². The first-order valence-electron chi connectivity index (χ1n) is 9.08. The number of nitrogens with zero attached hydrogens (tertiary/aromatic N) is 1. The number of ether oxygens (including phenoxy) is 2. The molecule has 5 nitrogen and oxygen atoms in total. The predicted octanol–water partition coefficient (Wildman–Crippen LogP) is 4.18. The molecule has 0 saturated heterocycles. The van der Waals surface area contributed by atoms with Gasteiger partial charge >= 0.3 is 6.36 Å². The minimum absolute atomic E-state index is 0.100. The Balaban J connectivity index is 1.73. The first-order chi connectivity index (χ1) is 14.0. The van der Waals surface area contributed by atoms with Crippen LogP contribution in [0.1, 0.15) is 16.8 Å². The second-order valence-electron chi connectivity index (χ2n) is 7.14. The Hall–Kier alpha value is -2.55. The van der Waals surface area contributed by atoms with E-state index in [4.69, 9.17) is 27.8 Å². The highest BCUT2D eigenvalue weighted by atomic mass is 35.5. The number of aromatic nitrogens is 1. The molecule has 0 spiro atoms. The van der Waals surface area contributed by atoms with Crippen molar-refractivity contribution < 1.29 is 22.6 Å². The lowest BCUT2D eigenvalue weighted by atomic mass is 9.81. The first-order valence-corrected chi connectivity index (χ1v) is 9.46. The molecule has 0 radical (unpaired) electrons. The molecular weight excluding hydrogens is 419 g/mol. The van der Waals surface area contributed by atoms with Crippen LogP contribution in [0, 0.1) is 6.92 Å². The lowest BCUT2D eigenvalue weighted by Crippen LogP contribution is -2.55. The van der Waals surface area contributed by atoms with Crippen molar-refractivity contribution in [2.24, 2.45) is 11.5 Å². The number of pyridine rings is 1. The van der Waals surface area contributed by atoms with E-state index in [0.717, 1.165) is 17.3 Å². The van der Waals surface area contributed by atoms with Crippen molar-refractivity contribution in [1.82, 2.24) is 4.98 Å². The van der Waals surface area contributed by atoms with Crippen molar-refractivity contribution in [3.8, 4) is 5.75 Å². The summed E-state index contributed by atoms with van der Waals surface area (Å²) in [6, 6.07) is 6.99. The number of nitrogens with two attached hydrogens (primary N) is 2. The molecule has 1 heterocycles. The van der Waals surface area contributed by atoms with Gasteiger partial charge in [0.05, 0.1) is 11.2 Å². The van der Waals surface area contributed by atoms with Crippen LogP contribution in [-0.2, 0) is 17.8 Å². The molecule has 30 heavy (non-hydrogen) atoms. The summed E-state index contributed by atoms with van der Waals surface area (Å²) in [5.41, 5.74) is 14.0. The van der Waals surface area contributed by atoms with Crippen LogP contribution in [-0.4, -0.2) is 22.9 Å². The second-order valence-corrected chi connectivity index (χ2v) is 7.54. The molecule has 1 aromatic carbocycles. The summed E-state index contributed by atoms with van der Waals surface area (Å²) >= 11 is 6.16. The van der Waals surface area contributed by atoms with E-state index in [0.29, 0.717) is 11.3 Å². The number of aryl methyl sites for hydroxylation is 1. The van der Waals surface area contributed by atoms with Gasteiger partial charge in [-0.25, -0.2) is 0 Å². The van der Waals surface area contributed by atoms with Gasteiger partial charge < -0.3 is 20.9 Å². The summed E-state index contributed by atoms with van der Waals surface area (Å²) in [5, 5.41) is 0.100. The van der Waals surface area contributed by atoms with Crippen LogP contribution < -0.4 is 16.2 Å². The Bertz CT molecular complexity index is 961. The molecule has 2 aromatic rings. The third kappa shape index (κ3) is 5.75. The zero-order chi connectivity index (χ0) is 21.9. The predicted molar refractivity (Wildman–Crippen MR) is 108 cm³/mol. The van der Waals surface area contributed by atoms with E-state index >= 15 is 0 Å². The fourth-order valence-electron chi connectivity index (χ4n) is 2.98. The molecule has 0 fully saturated rings. The maximum Gasteiger partial charge on any atom is 0.573 e. The minimum atomic E-state index is -4.79. The number of allylic oxidation sites excluding steroid dienone is 1. The Kier molecular flexibility index (Phi) is 6.40. The van der Waals surface area contributed by atoms with Gasteiger partial charge in [-0.15, -0.1) is 13.2 Å². The average molecular weight is 440 g/mol. The Morgan fingerprint density at radius 1 is 1.23 bits per heavy atom. The van der Waals surface area contributed by atoms with E-state index in [1.807, 2.05) is 19.1 Å². The number of hydrogen-bond donors (Lipinski definition) is 2. The zero-order valence-electron chi connectivity index (χ0n) is 16.1. The van der Waals surface area contributed by atoms with Crippen molar-refractivity contribution in [1.29, 1.82) is 0 Å². The smallest absolute Gasteiger partial charge is 0.488 e. The third-order valence-electron chi connectivity index (χ3n) is 4.61. The summed E-state index contributed by atoms with van der Waals surface area (Å²) in [5.74, 6) is 0.120. The SMILES string of the molecule is Cc1ccc(COC2=CC(N)(Cc3ccc(OC(F)(F)F)cc3Cl)C(N)C=C2)nc1. The number of alkyl halides is 3. The second kappa shape index (κ2) is 8.67. The molecule has 1 aliphatic rings. The van der Waals surface area contributed by atoms with Crippen LogP contribution >= 0.6 is 11.6 Å². The van der Waals surface area contributed by atoms with Crippen molar-refractivity contribution in [3.05, 3.63) is 82.4 Å². The van der Waals surface area contributed by atoms with Gasteiger partial charge in [-0.3, -0.25) is 4.98 Å². The molecule has 2 unspecified atom stereocenters. The topological polar surface area (TPSA) is 83.4 Å². The number of hydrogen-bond acceptors (Lipinski definition) is 5. The molecule has 0 bridgehead atoms. The summed E-state index contributed by atoms with van der Waals surface area (Å²) in [6.45, 7) is 2.20. The summed E-state index contributed by atoms with van der Waals surface area (Å²) in [4.78, 5) is 4.29. The molecular formula is C21H21ClF3N3O2. The highest BCUT2D eigenvalue weighted by molar-refractivity contribution is 6.31. The summed E-state index contributed by atoms with van der Waals surface area (Å²) in [6.07, 6.45) is 2.29.